The zero-order chi connectivity index (χ0) is 18.3. The third kappa shape index (κ3) is 2.97. The van der Waals surface area contributed by atoms with Gasteiger partial charge in [-0.1, -0.05) is 48.0 Å². The van der Waals surface area contributed by atoms with Crippen molar-refractivity contribution < 1.29 is 0 Å². The molecule has 3 nitrogen and oxygen atoms in total. The lowest BCUT2D eigenvalue weighted by atomic mass is 10.0. The van der Waals surface area contributed by atoms with Gasteiger partial charge in [-0.25, -0.2) is 4.98 Å². The average molecular weight is 360 g/mol. The van der Waals surface area contributed by atoms with E-state index in [1.807, 2.05) is 5.38 Å². The van der Waals surface area contributed by atoms with Crippen LogP contribution in [0.1, 0.15) is 22.3 Å². The molecule has 0 unspecified atom stereocenters. The summed E-state index contributed by atoms with van der Waals surface area (Å²) in [5, 5.41) is 2.76. The third-order valence-electron chi connectivity index (χ3n) is 4.85. The molecule has 0 radical (unpaired) electrons. The molecule has 0 atom stereocenters. The van der Waals surface area contributed by atoms with E-state index in [0.29, 0.717) is 11.9 Å². The summed E-state index contributed by atoms with van der Waals surface area (Å²) in [6.45, 7) is 6.79. The van der Waals surface area contributed by atoms with Gasteiger partial charge in [0.1, 0.15) is 4.83 Å². The lowest BCUT2D eigenvalue weighted by Crippen LogP contribution is -2.20. The van der Waals surface area contributed by atoms with Crippen molar-refractivity contribution in [2.24, 2.45) is 0 Å². The summed E-state index contributed by atoms with van der Waals surface area (Å²) >= 11 is 1.53. The summed E-state index contributed by atoms with van der Waals surface area (Å²) in [6, 6.07) is 14.6. The molecule has 0 spiro atoms. The Morgan fingerprint density at radius 1 is 1.00 bits per heavy atom. The van der Waals surface area contributed by atoms with E-state index in [-0.39, 0.29) is 5.56 Å². The third-order valence-corrected chi connectivity index (χ3v) is 5.74. The maximum Gasteiger partial charge on any atom is 0.263 e. The van der Waals surface area contributed by atoms with E-state index in [1.54, 1.807) is 10.9 Å². The highest BCUT2D eigenvalue weighted by Gasteiger charge is 2.14. The van der Waals surface area contributed by atoms with Gasteiger partial charge in [-0.05, 0) is 43.0 Å². The quantitative estimate of drug-likeness (QED) is 0.509. The molecule has 2 aromatic heterocycles. The molecule has 0 aliphatic rings. The predicted octanol–water partition coefficient (Wildman–Crippen LogP) is 5.10. The first-order chi connectivity index (χ1) is 12.5. The molecule has 0 saturated carbocycles. The number of rotatable bonds is 3. The van der Waals surface area contributed by atoms with Crippen molar-refractivity contribution in [3.8, 4) is 11.1 Å². The second-order valence-electron chi connectivity index (χ2n) is 6.79. The van der Waals surface area contributed by atoms with Crippen LogP contribution in [0.2, 0.25) is 0 Å². The molecule has 0 aliphatic carbocycles. The van der Waals surface area contributed by atoms with Crippen molar-refractivity contribution in [1.82, 2.24) is 9.55 Å². The summed E-state index contributed by atoms with van der Waals surface area (Å²) in [5.41, 5.74) is 6.86. The molecule has 0 fully saturated rings. The SMILES string of the molecule is Cc1ccc(Cn2cnc3scc(-c4ccc(C)c(C)c4)c3c2=O)cc1. The fourth-order valence-electron chi connectivity index (χ4n) is 3.09. The number of aromatic nitrogens is 2. The smallest absolute Gasteiger partial charge is 0.263 e. The Hall–Kier alpha value is -2.72. The number of thiophene rings is 1. The van der Waals surface area contributed by atoms with Gasteiger partial charge >= 0.3 is 0 Å². The van der Waals surface area contributed by atoms with Crippen LogP contribution in [0.5, 0.6) is 0 Å². The van der Waals surface area contributed by atoms with Crippen LogP contribution in [0, 0.1) is 20.8 Å². The molecule has 2 aromatic carbocycles. The molecule has 0 saturated heterocycles. The van der Waals surface area contributed by atoms with Crippen LogP contribution < -0.4 is 5.56 Å². The molecule has 26 heavy (non-hydrogen) atoms. The minimum Gasteiger partial charge on any atom is -0.294 e. The van der Waals surface area contributed by atoms with Crippen LogP contribution in [0.15, 0.2) is 59.0 Å². The van der Waals surface area contributed by atoms with Gasteiger partial charge in [-0.3, -0.25) is 9.36 Å². The molecule has 4 rings (SSSR count). The van der Waals surface area contributed by atoms with E-state index in [1.165, 1.54) is 28.0 Å². The zero-order valence-electron chi connectivity index (χ0n) is 15.1. The highest BCUT2D eigenvalue weighted by molar-refractivity contribution is 7.17. The zero-order valence-corrected chi connectivity index (χ0v) is 15.9. The van der Waals surface area contributed by atoms with E-state index >= 15 is 0 Å². The number of fused-ring (bicyclic) bond motifs is 1. The van der Waals surface area contributed by atoms with Crippen molar-refractivity contribution in [3.05, 3.63) is 86.8 Å². The van der Waals surface area contributed by atoms with Crippen LogP contribution >= 0.6 is 11.3 Å². The molecular formula is C22H20N2OS. The van der Waals surface area contributed by atoms with Gasteiger partial charge in [-0.2, -0.15) is 0 Å². The molecule has 2 heterocycles. The van der Waals surface area contributed by atoms with E-state index in [0.717, 1.165) is 21.5 Å². The Balaban J connectivity index is 1.82. The van der Waals surface area contributed by atoms with Gasteiger partial charge in [0, 0.05) is 10.9 Å². The van der Waals surface area contributed by atoms with E-state index in [9.17, 15) is 4.79 Å². The second-order valence-corrected chi connectivity index (χ2v) is 7.65. The fraction of sp³-hybridized carbons (Fsp3) is 0.182. The van der Waals surface area contributed by atoms with Crippen molar-refractivity contribution in [1.29, 1.82) is 0 Å². The van der Waals surface area contributed by atoms with E-state index in [2.05, 4.69) is 68.2 Å². The number of hydrogen-bond donors (Lipinski definition) is 0. The monoisotopic (exact) mass is 360 g/mol. The normalized spacial score (nSPS) is 11.2. The van der Waals surface area contributed by atoms with Gasteiger partial charge in [0.2, 0.25) is 0 Å². The molecule has 4 heteroatoms. The summed E-state index contributed by atoms with van der Waals surface area (Å²) in [5.74, 6) is 0. The Morgan fingerprint density at radius 3 is 2.50 bits per heavy atom. The molecule has 0 bridgehead atoms. The standard InChI is InChI=1S/C22H20N2OS/c1-14-4-7-17(8-5-14)11-24-13-23-21-20(22(24)25)19(12-26-21)18-9-6-15(2)16(3)10-18/h4-10,12-13H,11H2,1-3H3. The van der Waals surface area contributed by atoms with Gasteiger partial charge < -0.3 is 0 Å². The summed E-state index contributed by atoms with van der Waals surface area (Å²) in [6.07, 6.45) is 1.66. The topological polar surface area (TPSA) is 34.9 Å². The molecular weight excluding hydrogens is 340 g/mol. The van der Waals surface area contributed by atoms with Gasteiger partial charge in [0.15, 0.2) is 0 Å². The summed E-state index contributed by atoms with van der Waals surface area (Å²) < 4.78 is 1.70. The van der Waals surface area contributed by atoms with E-state index < -0.39 is 0 Å². The highest BCUT2D eigenvalue weighted by Crippen LogP contribution is 2.31. The minimum atomic E-state index is 0.0186. The highest BCUT2D eigenvalue weighted by atomic mass is 32.1. The maximum atomic E-state index is 13.1. The molecule has 0 N–H and O–H groups in total. The number of benzene rings is 2. The lowest BCUT2D eigenvalue weighted by molar-refractivity contribution is 0.749. The second kappa shape index (κ2) is 6.54. The first kappa shape index (κ1) is 16.7. The van der Waals surface area contributed by atoms with Gasteiger partial charge in [0.25, 0.3) is 5.56 Å². The van der Waals surface area contributed by atoms with Crippen LogP contribution in [0.4, 0.5) is 0 Å². The van der Waals surface area contributed by atoms with Crippen LogP contribution in [0.25, 0.3) is 21.3 Å². The predicted molar refractivity (Wildman–Crippen MR) is 109 cm³/mol. The largest absolute Gasteiger partial charge is 0.294 e. The Labute approximate surface area is 156 Å². The Kier molecular flexibility index (Phi) is 4.21. The molecule has 0 amide bonds. The van der Waals surface area contributed by atoms with Crippen molar-refractivity contribution in [3.63, 3.8) is 0 Å². The van der Waals surface area contributed by atoms with Crippen molar-refractivity contribution in [2.75, 3.05) is 0 Å². The first-order valence-electron chi connectivity index (χ1n) is 8.63. The molecule has 4 aromatic rings. The minimum absolute atomic E-state index is 0.0186. The Morgan fingerprint density at radius 2 is 1.77 bits per heavy atom. The molecule has 130 valence electrons. The maximum absolute atomic E-state index is 13.1. The summed E-state index contributed by atoms with van der Waals surface area (Å²) in [7, 11) is 0. The Bertz CT molecular complexity index is 1150. The van der Waals surface area contributed by atoms with Gasteiger partial charge in [-0.15, -0.1) is 11.3 Å². The van der Waals surface area contributed by atoms with E-state index in [4.69, 9.17) is 0 Å². The average Bonchev–Trinajstić information content (AvgIpc) is 3.06. The van der Waals surface area contributed by atoms with Crippen molar-refractivity contribution >= 4 is 21.6 Å². The number of hydrogen-bond acceptors (Lipinski definition) is 3. The van der Waals surface area contributed by atoms with Crippen LogP contribution in [0.3, 0.4) is 0 Å². The van der Waals surface area contributed by atoms with Crippen LogP contribution in [-0.4, -0.2) is 9.55 Å². The lowest BCUT2D eigenvalue weighted by Gasteiger charge is -2.08. The van der Waals surface area contributed by atoms with Gasteiger partial charge in [0.05, 0.1) is 18.3 Å². The number of nitrogens with zero attached hydrogens (tertiary/aromatic N) is 2. The van der Waals surface area contributed by atoms with Crippen LogP contribution in [-0.2, 0) is 6.54 Å². The fourth-order valence-corrected chi connectivity index (χ4v) is 4.00. The summed E-state index contributed by atoms with van der Waals surface area (Å²) in [4.78, 5) is 18.5. The number of aryl methyl sites for hydroxylation is 3. The van der Waals surface area contributed by atoms with Crippen molar-refractivity contribution in [2.45, 2.75) is 27.3 Å². The first-order valence-corrected chi connectivity index (χ1v) is 9.51. The molecule has 0 aliphatic heterocycles.